The predicted molar refractivity (Wildman–Crippen MR) is 76.8 cm³/mol. The molecule has 1 aromatic carbocycles. The van der Waals surface area contributed by atoms with E-state index in [-0.39, 0.29) is 22.9 Å². The van der Waals surface area contributed by atoms with Gasteiger partial charge in [-0.1, -0.05) is 15.9 Å². The molecule has 1 N–H and O–H groups in total. The van der Waals surface area contributed by atoms with Crippen molar-refractivity contribution in [3.63, 3.8) is 0 Å². The Morgan fingerprint density at radius 1 is 1.43 bits per heavy atom. The molecule has 0 aliphatic carbocycles. The van der Waals surface area contributed by atoms with E-state index in [4.69, 9.17) is 9.84 Å². The van der Waals surface area contributed by atoms with Crippen LogP contribution in [0.3, 0.4) is 0 Å². The number of nitro groups is 1. The van der Waals surface area contributed by atoms with Gasteiger partial charge in [0.05, 0.1) is 4.92 Å². The molecule has 2 aromatic rings. The number of hydrogen-bond donors (Lipinski definition) is 1. The minimum absolute atomic E-state index is 0.0214. The van der Waals surface area contributed by atoms with E-state index in [1.165, 1.54) is 24.4 Å². The van der Waals surface area contributed by atoms with Crippen molar-refractivity contribution in [3.8, 4) is 11.6 Å². The van der Waals surface area contributed by atoms with Gasteiger partial charge in [-0.2, -0.15) is 0 Å². The van der Waals surface area contributed by atoms with Gasteiger partial charge in [0.2, 0.25) is 0 Å². The Hall–Kier alpha value is -2.48. The Kier molecular flexibility index (Phi) is 4.18. The highest BCUT2D eigenvalue weighted by Gasteiger charge is 2.22. The van der Waals surface area contributed by atoms with E-state index in [9.17, 15) is 14.9 Å². The van der Waals surface area contributed by atoms with Gasteiger partial charge in [-0.3, -0.25) is 10.1 Å². The van der Waals surface area contributed by atoms with Gasteiger partial charge in [-0.15, -0.1) is 0 Å². The number of aromatic nitrogens is 1. The molecule has 21 heavy (non-hydrogen) atoms. The molecular formula is C13H9BrN2O5. The molecule has 0 atom stereocenters. The third-order valence-electron chi connectivity index (χ3n) is 2.65. The average molecular weight is 353 g/mol. The van der Waals surface area contributed by atoms with Crippen molar-refractivity contribution >= 4 is 27.6 Å². The number of rotatable bonds is 4. The summed E-state index contributed by atoms with van der Waals surface area (Å²) in [6.07, 6.45) is 1.36. The molecule has 0 bridgehead atoms. The molecule has 0 saturated carbocycles. The lowest BCUT2D eigenvalue weighted by atomic mass is 10.2. The van der Waals surface area contributed by atoms with E-state index in [0.717, 1.165) is 0 Å². The largest absolute Gasteiger partial charge is 0.478 e. The number of hydrogen-bond acceptors (Lipinski definition) is 5. The summed E-state index contributed by atoms with van der Waals surface area (Å²) in [5.41, 5.74) is -0.0438. The molecule has 0 aliphatic rings. The lowest BCUT2D eigenvalue weighted by Gasteiger charge is -2.09. The maximum absolute atomic E-state index is 11.2. The fourth-order valence-electron chi connectivity index (χ4n) is 1.68. The molecule has 0 fully saturated rings. The number of carboxylic acid groups (broad SMARTS) is 1. The third kappa shape index (κ3) is 3.16. The number of carbonyl (C=O) groups is 1. The normalized spacial score (nSPS) is 10.2. The predicted octanol–water partition coefficient (Wildman–Crippen LogP) is 3.55. The standard InChI is InChI=1S/C13H9BrN2O5/c1-7-4-5-15-12(11(7)16(19)20)21-10-3-2-8(14)6-9(10)13(17)18/h2-6H,1H3,(H,17,18). The summed E-state index contributed by atoms with van der Waals surface area (Å²) in [6, 6.07) is 5.80. The highest BCUT2D eigenvalue weighted by Crippen LogP contribution is 2.34. The smallest absolute Gasteiger partial charge is 0.339 e. The lowest BCUT2D eigenvalue weighted by Crippen LogP contribution is -2.03. The van der Waals surface area contributed by atoms with Crippen LogP contribution < -0.4 is 4.74 Å². The summed E-state index contributed by atoms with van der Waals surface area (Å²) < 4.78 is 5.90. The first kappa shape index (κ1) is 14.9. The second kappa shape index (κ2) is 5.88. The minimum Gasteiger partial charge on any atom is -0.478 e. The molecule has 1 heterocycles. The van der Waals surface area contributed by atoms with Gasteiger partial charge >= 0.3 is 11.7 Å². The van der Waals surface area contributed by atoms with Crippen molar-refractivity contribution in [2.75, 3.05) is 0 Å². The zero-order valence-corrected chi connectivity index (χ0v) is 12.3. The van der Waals surface area contributed by atoms with Gasteiger partial charge in [0.1, 0.15) is 11.3 Å². The molecule has 0 unspecified atom stereocenters. The summed E-state index contributed by atoms with van der Waals surface area (Å²) in [6.45, 7) is 1.55. The Morgan fingerprint density at radius 3 is 2.76 bits per heavy atom. The highest BCUT2D eigenvalue weighted by molar-refractivity contribution is 9.10. The first-order valence-corrected chi connectivity index (χ1v) is 6.50. The van der Waals surface area contributed by atoms with Gasteiger partial charge in [-0.05, 0) is 31.2 Å². The van der Waals surface area contributed by atoms with Crippen LogP contribution in [0.15, 0.2) is 34.9 Å². The zero-order valence-electron chi connectivity index (χ0n) is 10.7. The summed E-state index contributed by atoms with van der Waals surface area (Å²) in [5, 5.41) is 20.2. The highest BCUT2D eigenvalue weighted by atomic mass is 79.9. The topological polar surface area (TPSA) is 103 Å². The van der Waals surface area contributed by atoms with E-state index in [2.05, 4.69) is 20.9 Å². The van der Waals surface area contributed by atoms with Crippen molar-refractivity contribution < 1.29 is 19.6 Å². The Labute approximate surface area is 127 Å². The van der Waals surface area contributed by atoms with Gasteiger partial charge < -0.3 is 9.84 Å². The molecule has 108 valence electrons. The van der Waals surface area contributed by atoms with Crippen LogP contribution in [0.2, 0.25) is 0 Å². The van der Waals surface area contributed by atoms with E-state index >= 15 is 0 Å². The van der Waals surface area contributed by atoms with E-state index in [1.54, 1.807) is 13.0 Å². The Bertz CT molecular complexity index is 732. The van der Waals surface area contributed by atoms with Crippen LogP contribution in [0.1, 0.15) is 15.9 Å². The SMILES string of the molecule is Cc1ccnc(Oc2ccc(Br)cc2C(=O)O)c1[N+](=O)[O-]. The van der Waals surface area contributed by atoms with Crippen LogP contribution in [0.5, 0.6) is 11.6 Å². The van der Waals surface area contributed by atoms with Gasteiger partial charge in [0.25, 0.3) is 5.88 Å². The van der Waals surface area contributed by atoms with Gasteiger partial charge in [0, 0.05) is 16.2 Å². The Balaban J connectivity index is 2.51. The van der Waals surface area contributed by atoms with Crippen LogP contribution in [-0.4, -0.2) is 21.0 Å². The van der Waals surface area contributed by atoms with Crippen LogP contribution in [0.25, 0.3) is 0 Å². The van der Waals surface area contributed by atoms with Crippen LogP contribution in [0.4, 0.5) is 5.69 Å². The minimum atomic E-state index is -1.21. The molecule has 0 radical (unpaired) electrons. The monoisotopic (exact) mass is 352 g/mol. The fraction of sp³-hybridized carbons (Fsp3) is 0.0769. The van der Waals surface area contributed by atoms with E-state index < -0.39 is 10.9 Å². The van der Waals surface area contributed by atoms with Crippen molar-refractivity contribution in [2.45, 2.75) is 6.92 Å². The third-order valence-corrected chi connectivity index (χ3v) is 3.15. The number of nitrogens with zero attached hydrogens (tertiary/aromatic N) is 2. The van der Waals surface area contributed by atoms with Crippen molar-refractivity contribution in [3.05, 3.63) is 56.2 Å². The average Bonchev–Trinajstić information content (AvgIpc) is 2.40. The molecule has 0 saturated heterocycles. The summed E-state index contributed by atoms with van der Waals surface area (Å²) in [5.74, 6) is -1.47. The first-order valence-electron chi connectivity index (χ1n) is 5.71. The number of aromatic carboxylic acids is 1. The summed E-state index contributed by atoms with van der Waals surface area (Å²) >= 11 is 3.16. The number of benzene rings is 1. The number of pyridine rings is 1. The second-order valence-corrected chi connectivity index (χ2v) is 5.00. The van der Waals surface area contributed by atoms with Crippen LogP contribution >= 0.6 is 15.9 Å². The molecule has 8 heteroatoms. The van der Waals surface area contributed by atoms with Crippen molar-refractivity contribution in [1.29, 1.82) is 0 Å². The number of ether oxygens (including phenoxy) is 1. The van der Waals surface area contributed by atoms with Gasteiger partial charge in [0.15, 0.2) is 0 Å². The first-order chi connectivity index (χ1) is 9.90. The molecule has 0 amide bonds. The number of carboxylic acids is 1. The van der Waals surface area contributed by atoms with Crippen molar-refractivity contribution in [1.82, 2.24) is 4.98 Å². The number of halogens is 1. The lowest BCUT2D eigenvalue weighted by molar-refractivity contribution is -0.386. The molecular weight excluding hydrogens is 344 g/mol. The molecule has 0 spiro atoms. The van der Waals surface area contributed by atoms with Crippen molar-refractivity contribution in [2.24, 2.45) is 0 Å². The fourth-order valence-corrected chi connectivity index (χ4v) is 2.05. The maximum Gasteiger partial charge on any atom is 0.339 e. The van der Waals surface area contributed by atoms with Crippen LogP contribution in [0, 0.1) is 17.0 Å². The maximum atomic E-state index is 11.2. The molecule has 1 aromatic heterocycles. The molecule has 2 rings (SSSR count). The molecule has 0 aliphatic heterocycles. The molecule has 7 nitrogen and oxygen atoms in total. The van der Waals surface area contributed by atoms with Crippen LogP contribution in [-0.2, 0) is 0 Å². The van der Waals surface area contributed by atoms with E-state index in [0.29, 0.717) is 10.0 Å². The van der Waals surface area contributed by atoms with E-state index in [1.807, 2.05) is 0 Å². The Morgan fingerprint density at radius 2 is 2.14 bits per heavy atom. The van der Waals surface area contributed by atoms with Gasteiger partial charge in [-0.25, -0.2) is 9.78 Å². The quantitative estimate of drug-likeness (QED) is 0.666. The second-order valence-electron chi connectivity index (χ2n) is 4.09. The zero-order chi connectivity index (χ0) is 15.6. The summed E-state index contributed by atoms with van der Waals surface area (Å²) in [4.78, 5) is 25.5. The summed E-state index contributed by atoms with van der Waals surface area (Å²) in [7, 11) is 0. The number of aryl methyl sites for hydroxylation is 1.